The van der Waals surface area contributed by atoms with E-state index in [1.165, 1.54) is 18.2 Å². The number of benzene rings is 5. The summed E-state index contributed by atoms with van der Waals surface area (Å²) in [6.07, 6.45) is 0.0452. The van der Waals surface area contributed by atoms with E-state index in [0.29, 0.717) is 17.8 Å². The van der Waals surface area contributed by atoms with Crippen LogP contribution < -0.4 is 11.0 Å². The standard InChI is InChI=1S/C45H40N4O8/c50-26-27-13-15-29(16-14-27)40-39(28-7-2-1-3-8-28)38(25-48-21-19-33(20-22-48)49-37-12-5-4-11-36(37)47-45(49)54)55-44(56-40)31-9-6-10-32(23-31)46-41(51)30-17-18-34-35(24-30)43(53)57-42(34)52/h1-18,23-24,33,38-40,44,50H,19-22,25-26H2,(H,46,51)(H,47,54). The highest BCUT2D eigenvalue weighted by Gasteiger charge is 2.43. The molecule has 4 unspecified atom stereocenters. The van der Waals surface area contributed by atoms with E-state index in [1.807, 2.05) is 89.5 Å². The summed E-state index contributed by atoms with van der Waals surface area (Å²) < 4.78 is 20.5. The lowest BCUT2D eigenvalue weighted by Crippen LogP contribution is -2.47. The monoisotopic (exact) mass is 764 g/mol. The number of carbonyl (C=O) groups excluding carboxylic acids is 3. The number of nitrogens with zero attached hydrogens (tertiary/aromatic N) is 2. The number of likely N-dealkylation sites (tertiary alicyclic amines) is 1. The molecule has 4 atom stereocenters. The summed E-state index contributed by atoms with van der Waals surface area (Å²) in [4.78, 5) is 55.9. The maximum absolute atomic E-state index is 13.4. The van der Waals surface area contributed by atoms with Crippen molar-refractivity contribution in [3.8, 4) is 0 Å². The lowest BCUT2D eigenvalue weighted by molar-refractivity contribution is -0.264. The molecule has 0 saturated carbocycles. The Bertz CT molecular complexity index is 2520. The number of nitrogens with one attached hydrogen (secondary N) is 2. The van der Waals surface area contributed by atoms with Crippen LogP contribution in [0.5, 0.6) is 0 Å². The van der Waals surface area contributed by atoms with Crippen molar-refractivity contribution in [2.45, 2.75) is 49.9 Å². The molecule has 3 N–H and O–H groups in total. The molecule has 57 heavy (non-hydrogen) atoms. The minimum absolute atomic E-state index is 0.0542. The van der Waals surface area contributed by atoms with Crippen molar-refractivity contribution >= 4 is 34.6 Å². The number of H-pyrrole nitrogens is 1. The van der Waals surface area contributed by atoms with E-state index in [0.717, 1.165) is 53.7 Å². The fourth-order valence-electron chi connectivity index (χ4n) is 8.41. The molecule has 6 aromatic rings. The summed E-state index contributed by atoms with van der Waals surface area (Å²) in [6, 6.07) is 37.4. The zero-order valence-electron chi connectivity index (χ0n) is 30.9. The number of amides is 1. The number of para-hydroxylation sites is 2. The zero-order valence-corrected chi connectivity index (χ0v) is 30.9. The van der Waals surface area contributed by atoms with Crippen LogP contribution in [0.1, 0.15) is 90.5 Å². The third kappa shape index (κ3) is 7.20. The van der Waals surface area contributed by atoms with E-state index in [4.69, 9.17) is 9.47 Å². The number of carbonyl (C=O) groups is 3. The zero-order chi connectivity index (χ0) is 39.0. The van der Waals surface area contributed by atoms with Crippen LogP contribution in [0.2, 0.25) is 0 Å². The molecule has 0 aliphatic carbocycles. The first-order valence-electron chi connectivity index (χ1n) is 19.1. The number of ether oxygens (including phenoxy) is 3. The Labute approximate surface area is 327 Å². The van der Waals surface area contributed by atoms with Gasteiger partial charge in [0.1, 0.15) is 0 Å². The average Bonchev–Trinajstić information content (AvgIpc) is 3.74. The van der Waals surface area contributed by atoms with Gasteiger partial charge in [-0.2, -0.15) is 0 Å². The summed E-state index contributed by atoms with van der Waals surface area (Å²) in [5.74, 6) is -2.17. The Morgan fingerprint density at radius 1 is 0.754 bits per heavy atom. The molecule has 9 rings (SSSR count). The Morgan fingerprint density at radius 3 is 2.28 bits per heavy atom. The summed E-state index contributed by atoms with van der Waals surface area (Å²) in [5, 5.41) is 12.7. The maximum Gasteiger partial charge on any atom is 0.346 e. The molecule has 3 aliphatic rings. The van der Waals surface area contributed by atoms with Gasteiger partial charge >= 0.3 is 17.6 Å². The van der Waals surface area contributed by atoms with Gasteiger partial charge in [0, 0.05) is 48.4 Å². The number of esters is 2. The molecule has 0 spiro atoms. The van der Waals surface area contributed by atoms with Crippen LogP contribution in [-0.4, -0.2) is 63.1 Å². The van der Waals surface area contributed by atoms with Crippen molar-refractivity contribution in [3.05, 3.63) is 171 Å². The van der Waals surface area contributed by atoms with Crippen molar-refractivity contribution in [3.63, 3.8) is 0 Å². The average molecular weight is 765 g/mol. The van der Waals surface area contributed by atoms with E-state index in [2.05, 4.69) is 32.1 Å². The number of hydrogen-bond acceptors (Lipinski definition) is 9. The number of hydrogen-bond donors (Lipinski definition) is 3. The van der Waals surface area contributed by atoms with Gasteiger partial charge in [-0.05, 0) is 72.0 Å². The van der Waals surface area contributed by atoms with Crippen molar-refractivity contribution < 1.29 is 33.7 Å². The highest BCUT2D eigenvalue weighted by molar-refractivity contribution is 6.16. The third-order valence-electron chi connectivity index (χ3n) is 11.3. The van der Waals surface area contributed by atoms with E-state index in [9.17, 15) is 24.3 Å². The molecule has 1 amide bonds. The van der Waals surface area contributed by atoms with Crippen LogP contribution in [0.4, 0.5) is 5.69 Å². The molecular weight excluding hydrogens is 725 g/mol. The summed E-state index contributed by atoms with van der Waals surface area (Å²) in [5.41, 5.74) is 6.04. The van der Waals surface area contributed by atoms with Crippen LogP contribution in [0.3, 0.4) is 0 Å². The molecule has 12 nitrogen and oxygen atoms in total. The Balaban J connectivity index is 1.00. The fourth-order valence-corrected chi connectivity index (χ4v) is 8.41. The van der Waals surface area contributed by atoms with Gasteiger partial charge in [-0.15, -0.1) is 0 Å². The molecule has 2 saturated heterocycles. The van der Waals surface area contributed by atoms with E-state index in [1.54, 1.807) is 6.07 Å². The topological polar surface area (TPSA) is 152 Å². The van der Waals surface area contributed by atoms with Crippen LogP contribution in [0.15, 0.2) is 126 Å². The molecule has 288 valence electrons. The highest BCUT2D eigenvalue weighted by atomic mass is 16.7. The van der Waals surface area contributed by atoms with Crippen LogP contribution in [0, 0.1) is 0 Å². The molecule has 12 heteroatoms. The minimum atomic E-state index is -0.808. The Hall–Kier alpha value is -6.18. The van der Waals surface area contributed by atoms with Gasteiger partial charge in [0.2, 0.25) is 0 Å². The second-order valence-electron chi connectivity index (χ2n) is 14.8. The Kier molecular flexibility index (Phi) is 9.85. The van der Waals surface area contributed by atoms with Gasteiger partial charge in [0.05, 0.1) is 41.0 Å². The SMILES string of the molecule is O=C(Nc1cccc(C2OC(CN3CCC(n4c(=O)[nH]c5ccccc54)CC3)C(c3ccccc3)C(c3ccc(CO)cc3)O2)c1)c1ccc2c(c1)C(=O)OC2=O. The predicted octanol–water partition coefficient (Wildman–Crippen LogP) is 6.66. The van der Waals surface area contributed by atoms with E-state index in [-0.39, 0.29) is 47.1 Å². The van der Waals surface area contributed by atoms with Gasteiger partial charge < -0.3 is 34.5 Å². The summed E-state index contributed by atoms with van der Waals surface area (Å²) in [6.45, 7) is 2.08. The lowest BCUT2D eigenvalue weighted by atomic mass is 9.83. The summed E-state index contributed by atoms with van der Waals surface area (Å²) >= 11 is 0. The second-order valence-corrected chi connectivity index (χ2v) is 14.8. The van der Waals surface area contributed by atoms with E-state index >= 15 is 0 Å². The van der Waals surface area contributed by atoms with Crippen molar-refractivity contribution in [2.75, 3.05) is 25.0 Å². The first-order chi connectivity index (χ1) is 27.8. The van der Waals surface area contributed by atoms with Crippen LogP contribution in [0.25, 0.3) is 11.0 Å². The predicted molar refractivity (Wildman–Crippen MR) is 211 cm³/mol. The van der Waals surface area contributed by atoms with E-state index < -0.39 is 30.2 Å². The summed E-state index contributed by atoms with van der Waals surface area (Å²) in [7, 11) is 0. The lowest BCUT2D eigenvalue weighted by Gasteiger charge is -2.45. The molecule has 5 aromatic carbocycles. The van der Waals surface area contributed by atoms with Crippen molar-refractivity contribution in [2.24, 2.45) is 0 Å². The molecule has 0 bridgehead atoms. The first-order valence-corrected chi connectivity index (χ1v) is 19.1. The number of aromatic nitrogens is 2. The molecule has 2 fully saturated rings. The molecule has 0 radical (unpaired) electrons. The van der Waals surface area contributed by atoms with Gasteiger partial charge in [0.15, 0.2) is 6.29 Å². The van der Waals surface area contributed by atoms with Crippen LogP contribution >= 0.6 is 0 Å². The largest absolute Gasteiger partial charge is 0.392 e. The van der Waals surface area contributed by atoms with Gasteiger partial charge in [0.25, 0.3) is 5.91 Å². The first kappa shape index (κ1) is 36.5. The number of aliphatic hydroxyl groups is 1. The quantitative estimate of drug-likeness (QED) is 0.108. The van der Waals surface area contributed by atoms with Gasteiger partial charge in [-0.1, -0.05) is 78.9 Å². The number of aliphatic hydroxyl groups excluding tert-OH is 1. The number of imidazole rings is 1. The number of rotatable bonds is 9. The normalized spacial score (nSPS) is 21.4. The third-order valence-corrected chi connectivity index (χ3v) is 11.3. The minimum Gasteiger partial charge on any atom is -0.392 e. The number of piperidine rings is 1. The molecule has 4 heterocycles. The van der Waals surface area contributed by atoms with Gasteiger partial charge in [-0.3, -0.25) is 9.36 Å². The number of cyclic esters (lactones) is 2. The highest BCUT2D eigenvalue weighted by Crippen LogP contribution is 2.47. The fraction of sp³-hybridized carbons (Fsp3) is 0.244. The van der Waals surface area contributed by atoms with Crippen molar-refractivity contribution in [1.82, 2.24) is 14.5 Å². The maximum atomic E-state index is 13.4. The number of fused-ring (bicyclic) bond motifs is 2. The van der Waals surface area contributed by atoms with Crippen molar-refractivity contribution in [1.29, 1.82) is 0 Å². The molecule has 1 aromatic heterocycles. The molecule has 3 aliphatic heterocycles. The number of aromatic amines is 1. The number of anilines is 1. The smallest absolute Gasteiger partial charge is 0.346 e. The van der Waals surface area contributed by atoms with Crippen LogP contribution in [-0.2, 0) is 20.8 Å². The van der Waals surface area contributed by atoms with Gasteiger partial charge in [-0.25, -0.2) is 14.4 Å². The molecular formula is C45H40N4O8. The Morgan fingerprint density at radius 2 is 1.49 bits per heavy atom. The second kappa shape index (κ2) is 15.4.